The summed E-state index contributed by atoms with van der Waals surface area (Å²) < 4.78 is 18.9. The number of rotatable bonds is 6. The summed E-state index contributed by atoms with van der Waals surface area (Å²) in [6, 6.07) is 0. The second kappa shape index (κ2) is 6.10. The first-order valence-corrected chi connectivity index (χ1v) is 5.28. The Balaban J connectivity index is 3.18. The standard InChI is InChI=1S/C6H13O6P/c1-6(7)11-4-2-3-5-12-13(8,9)10/h2-5H2,1H3,(H2,8,9,10). The Morgan fingerprint density at radius 2 is 1.85 bits per heavy atom. The van der Waals surface area contributed by atoms with Gasteiger partial charge < -0.3 is 14.5 Å². The number of hydrogen-bond donors (Lipinski definition) is 2. The molecular weight excluding hydrogens is 199 g/mol. The molecule has 78 valence electrons. The molecule has 0 amide bonds. The maximum atomic E-state index is 10.3. The van der Waals surface area contributed by atoms with Crippen LogP contribution in [0.1, 0.15) is 19.8 Å². The van der Waals surface area contributed by atoms with Crippen LogP contribution in [0.15, 0.2) is 0 Å². The van der Waals surface area contributed by atoms with Gasteiger partial charge >= 0.3 is 13.8 Å². The van der Waals surface area contributed by atoms with E-state index in [2.05, 4.69) is 9.26 Å². The molecule has 0 radical (unpaired) electrons. The van der Waals surface area contributed by atoms with Crippen LogP contribution in [-0.4, -0.2) is 29.0 Å². The molecule has 7 heteroatoms. The average Bonchev–Trinajstić information content (AvgIpc) is 1.93. The number of phosphoric acid groups is 1. The van der Waals surface area contributed by atoms with Gasteiger partial charge in [-0.05, 0) is 12.8 Å². The third kappa shape index (κ3) is 11.6. The maximum absolute atomic E-state index is 10.3. The van der Waals surface area contributed by atoms with Crippen molar-refractivity contribution >= 4 is 13.8 Å². The largest absolute Gasteiger partial charge is 0.469 e. The lowest BCUT2D eigenvalue weighted by atomic mass is 10.3. The zero-order valence-corrected chi connectivity index (χ0v) is 8.20. The predicted octanol–water partition coefficient (Wildman–Crippen LogP) is 0.439. The Morgan fingerprint density at radius 3 is 2.31 bits per heavy atom. The van der Waals surface area contributed by atoms with Crippen LogP contribution in [0.2, 0.25) is 0 Å². The number of unbranched alkanes of at least 4 members (excludes halogenated alkanes) is 1. The van der Waals surface area contributed by atoms with Crippen LogP contribution in [0.25, 0.3) is 0 Å². The van der Waals surface area contributed by atoms with Gasteiger partial charge in [0.1, 0.15) is 0 Å². The molecule has 0 heterocycles. The van der Waals surface area contributed by atoms with Crippen molar-refractivity contribution in [3.05, 3.63) is 0 Å². The Morgan fingerprint density at radius 1 is 1.31 bits per heavy atom. The van der Waals surface area contributed by atoms with Crippen molar-refractivity contribution < 1.29 is 28.4 Å². The zero-order valence-electron chi connectivity index (χ0n) is 7.30. The van der Waals surface area contributed by atoms with E-state index in [-0.39, 0.29) is 19.2 Å². The van der Waals surface area contributed by atoms with Gasteiger partial charge in [0, 0.05) is 6.92 Å². The molecule has 0 aromatic heterocycles. The van der Waals surface area contributed by atoms with E-state index in [4.69, 9.17) is 9.79 Å². The van der Waals surface area contributed by atoms with Crippen molar-refractivity contribution in [2.24, 2.45) is 0 Å². The SMILES string of the molecule is CC(=O)OCCCCOP(=O)(O)O. The van der Waals surface area contributed by atoms with Gasteiger partial charge in [-0.25, -0.2) is 4.57 Å². The summed E-state index contributed by atoms with van der Waals surface area (Å²) in [6.07, 6.45) is 0.970. The van der Waals surface area contributed by atoms with Gasteiger partial charge in [-0.3, -0.25) is 9.32 Å². The summed E-state index contributed by atoms with van der Waals surface area (Å²) >= 11 is 0. The molecule has 0 aromatic carbocycles. The highest BCUT2D eigenvalue weighted by molar-refractivity contribution is 7.46. The van der Waals surface area contributed by atoms with E-state index < -0.39 is 7.82 Å². The first kappa shape index (κ1) is 12.6. The van der Waals surface area contributed by atoms with Gasteiger partial charge in [0.25, 0.3) is 0 Å². The van der Waals surface area contributed by atoms with E-state index >= 15 is 0 Å². The minimum Gasteiger partial charge on any atom is -0.466 e. The summed E-state index contributed by atoms with van der Waals surface area (Å²) in [5.74, 6) is -0.365. The molecule has 6 nitrogen and oxygen atoms in total. The molecule has 0 fully saturated rings. The second-order valence-electron chi connectivity index (χ2n) is 2.37. The van der Waals surface area contributed by atoms with E-state index in [1.807, 2.05) is 0 Å². The second-order valence-corrected chi connectivity index (χ2v) is 3.61. The molecule has 0 spiro atoms. The van der Waals surface area contributed by atoms with E-state index in [1.54, 1.807) is 0 Å². The summed E-state index contributed by atoms with van der Waals surface area (Å²) in [6.45, 7) is 1.51. The number of phosphoric ester groups is 1. The monoisotopic (exact) mass is 212 g/mol. The molecule has 0 saturated carbocycles. The molecule has 0 aliphatic heterocycles. The van der Waals surface area contributed by atoms with E-state index in [9.17, 15) is 9.36 Å². The van der Waals surface area contributed by atoms with Crippen LogP contribution < -0.4 is 0 Å². The van der Waals surface area contributed by atoms with Crippen molar-refractivity contribution in [3.8, 4) is 0 Å². The van der Waals surface area contributed by atoms with Gasteiger partial charge in [-0.2, -0.15) is 0 Å². The van der Waals surface area contributed by atoms with Gasteiger partial charge in [0.2, 0.25) is 0 Å². The van der Waals surface area contributed by atoms with Crippen molar-refractivity contribution in [2.45, 2.75) is 19.8 Å². The van der Waals surface area contributed by atoms with Gasteiger partial charge in [0.15, 0.2) is 0 Å². The first-order chi connectivity index (χ1) is 5.92. The summed E-state index contributed by atoms with van der Waals surface area (Å²) in [7, 11) is -4.34. The fourth-order valence-corrected chi connectivity index (χ4v) is 0.970. The average molecular weight is 212 g/mol. The van der Waals surface area contributed by atoms with E-state index in [1.165, 1.54) is 6.92 Å². The highest BCUT2D eigenvalue weighted by Crippen LogP contribution is 2.35. The molecule has 0 unspecified atom stereocenters. The molecule has 0 aliphatic carbocycles. The molecule has 13 heavy (non-hydrogen) atoms. The lowest BCUT2D eigenvalue weighted by Gasteiger charge is -2.04. The zero-order chi connectivity index (χ0) is 10.3. The van der Waals surface area contributed by atoms with E-state index in [0.29, 0.717) is 12.8 Å². The smallest absolute Gasteiger partial charge is 0.466 e. The van der Waals surface area contributed by atoms with E-state index in [0.717, 1.165) is 0 Å². The van der Waals surface area contributed by atoms with Gasteiger partial charge in [-0.1, -0.05) is 0 Å². The maximum Gasteiger partial charge on any atom is 0.469 e. The molecule has 0 saturated heterocycles. The van der Waals surface area contributed by atoms with Crippen LogP contribution in [0.3, 0.4) is 0 Å². The normalized spacial score (nSPS) is 11.3. The van der Waals surface area contributed by atoms with Crippen molar-refractivity contribution in [3.63, 3.8) is 0 Å². The lowest BCUT2D eigenvalue weighted by Crippen LogP contribution is -2.01. The van der Waals surface area contributed by atoms with Crippen LogP contribution in [0, 0.1) is 0 Å². The predicted molar refractivity (Wildman–Crippen MR) is 43.9 cm³/mol. The van der Waals surface area contributed by atoms with Gasteiger partial charge in [0.05, 0.1) is 13.2 Å². The minimum absolute atomic E-state index is 0.0362. The third-order valence-corrected chi connectivity index (χ3v) is 1.62. The number of carbonyl (C=O) groups is 1. The Hall–Kier alpha value is -0.420. The topological polar surface area (TPSA) is 93.1 Å². The molecule has 0 bridgehead atoms. The van der Waals surface area contributed by atoms with Crippen LogP contribution in [0.5, 0.6) is 0 Å². The number of carbonyl (C=O) groups excluding carboxylic acids is 1. The minimum atomic E-state index is -4.34. The van der Waals surface area contributed by atoms with Crippen LogP contribution in [0.4, 0.5) is 0 Å². The van der Waals surface area contributed by atoms with Crippen LogP contribution in [-0.2, 0) is 18.6 Å². The Kier molecular flexibility index (Phi) is 5.90. The summed E-state index contributed by atoms with van der Waals surface area (Å²) in [5.41, 5.74) is 0. The Labute approximate surface area is 76.1 Å². The van der Waals surface area contributed by atoms with Gasteiger partial charge in [-0.15, -0.1) is 0 Å². The molecule has 0 aromatic rings. The molecule has 0 rings (SSSR count). The number of esters is 1. The molecule has 0 aliphatic rings. The number of ether oxygens (including phenoxy) is 1. The summed E-state index contributed by atoms with van der Waals surface area (Å²) in [4.78, 5) is 26.8. The molecular formula is C6H13O6P. The summed E-state index contributed by atoms with van der Waals surface area (Å²) in [5, 5.41) is 0. The van der Waals surface area contributed by atoms with Crippen molar-refractivity contribution in [1.29, 1.82) is 0 Å². The number of hydrogen-bond acceptors (Lipinski definition) is 4. The highest BCUT2D eigenvalue weighted by atomic mass is 31.2. The van der Waals surface area contributed by atoms with Crippen molar-refractivity contribution in [1.82, 2.24) is 0 Å². The van der Waals surface area contributed by atoms with Crippen LogP contribution >= 0.6 is 7.82 Å². The lowest BCUT2D eigenvalue weighted by molar-refractivity contribution is -0.141. The fourth-order valence-electron chi connectivity index (χ4n) is 0.603. The fraction of sp³-hybridized carbons (Fsp3) is 0.833. The highest BCUT2D eigenvalue weighted by Gasteiger charge is 2.12. The van der Waals surface area contributed by atoms with Crippen molar-refractivity contribution in [2.75, 3.05) is 13.2 Å². The third-order valence-electron chi connectivity index (χ3n) is 1.10. The Bertz CT molecular complexity index is 197. The first-order valence-electron chi connectivity index (χ1n) is 3.75. The molecule has 2 N–H and O–H groups in total. The molecule has 0 atom stereocenters. The quantitative estimate of drug-likeness (QED) is 0.377.